The molecule has 1 aromatic rings. The predicted octanol–water partition coefficient (Wildman–Crippen LogP) is 3.40. The molecule has 0 aromatic heterocycles. The summed E-state index contributed by atoms with van der Waals surface area (Å²) in [4.78, 5) is 5.08. The Kier molecular flexibility index (Phi) is 6.42. The first kappa shape index (κ1) is 17.5. The Morgan fingerprint density at radius 1 is 1.23 bits per heavy atom. The number of hydrogen-bond acceptors (Lipinski definition) is 3. The zero-order valence-electron chi connectivity index (χ0n) is 14.7. The molecule has 3 heteroatoms. The van der Waals surface area contributed by atoms with Gasteiger partial charge in [0.1, 0.15) is 0 Å². The molecule has 1 saturated heterocycles. The first-order chi connectivity index (χ1) is 10.4. The molecule has 1 aliphatic heterocycles. The van der Waals surface area contributed by atoms with Gasteiger partial charge in [-0.25, -0.2) is 0 Å². The van der Waals surface area contributed by atoms with Crippen LogP contribution in [0.15, 0.2) is 30.3 Å². The number of ether oxygens (including phenoxy) is 1. The monoisotopic (exact) mass is 304 g/mol. The third kappa shape index (κ3) is 6.07. The van der Waals surface area contributed by atoms with Crippen molar-refractivity contribution in [2.75, 3.05) is 33.3 Å². The first-order valence-electron chi connectivity index (χ1n) is 8.54. The van der Waals surface area contributed by atoms with Gasteiger partial charge in [0.05, 0.1) is 5.60 Å². The van der Waals surface area contributed by atoms with Crippen LogP contribution < -0.4 is 0 Å². The van der Waals surface area contributed by atoms with E-state index in [0.717, 1.165) is 26.1 Å². The Labute approximate surface area is 136 Å². The van der Waals surface area contributed by atoms with Crippen LogP contribution in [0.25, 0.3) is 0 Å². The van der Waals surface area contributed by atoms with E-state index in [1.54, 1.807) is 0 Å². The van der Waals surface area contributed by atoms with Gasteiger partial charge in [-0.15, -0.1) is 0 Å². The van der Waals surface area contributed by atoms with Crippen LogP contribution in [0.1, 0.15) is 39.2 Å². The van der Waals surface area contributed by atoms with E-state index in [4.69, 9.17) is 4.74 Å². The second kappa shape index (κ2) is 8.09. The quantitative estimate of drug-likeness (QED) is 0.718. The van der Waals surface area contributed by atoms with Gasteiger partial charge in [0, 0.05) is 38.8 Å². The van der Waals surface area contributed by atoms with Crippen LogP contribution >= 0.6 is 0 Å². The topological polar surface area (TPSA) is 15.7 Å². The van der Waals surface area contributed by atoms with Crippen molar-refractivity contribution in [2.24, 2.45) is 0 Å². The minimum atomic E-state index is -0.0155. The van der Waals surface area contributed by atoms with E-state index < -0.39 is 0 Å². The summed E-state index contributed by atoms with van der Waals surface area (Å²) in [6.07, 6.45) is 2.40. The average molecular weight is 304 g/mol. The van der Waals surface area contributed by atoms with Gasteiger partial charge in [-0.1, -0.05) is 30.3 Å². The summed E-state index contributed by atoms with van der Waals surface area (Å²) in [5, 5.41) is 0. The fraction of sp³-hybridized carbons (Fsp3) is 0.684. The summed E-state index contributed by atoms with van der Waals surface area (Å²) in [7, 11) is 2.26. The van der Waals surface area contributed by atoms with E-state index in [-0.39, 0.29) is 5.60 Å². The maximum Gasteiger partial charge on any atom is 0.0598 e. The molecular weight excluding hydrogens is 272 g/mol. The van der Waals surface area contributed by atoms with E-state index in [1.807, 2.05) is 0 Å². The van der Waals surface area contributed by atoms with E-state index in [1.165, 1.54) is 25.1 Å². The van der Waals surface area contributed by atoms with Crippen LogP contribution in [0, 0.1) is 0 Å². The first-order valence-corrected chi connectivity index (χ1v) is 8.54. The molecule has 1 unspecified atom stereocenters. The summed E-state index contributed by atoms with van der Waals surface area (Å²) in [5.41, 5.74) is 1.41. The lowest BCUT2D eigenvalue weighted by Crippen LogP contribution is -2.35. The van der Waals surface area contributed by atoms with Gasteiger partial charge in [-0.05, 0) is 46.2 Å². The Hall–Kier alpha value is -0.900. The molecule has 1 fully saturated rings. The van der Waals surface area contributed by atoms with Crippen LogP contribution in [-0.2, 0) is 11.3 Å². The lowest BCUT2D eigenvalue weighted by molar-refractivity contribution is -0.00719. The maximum absolute atomic E-state index is 5.81. The van der Waals surface area contributed by atoms with Crippen LogP contribution in [0.3, 0.4) is 0 Å². The zero-order chi connectivity index (χ0) is 16.0. The van der Waals surface area contributed by atoms with Crippen molar-refractivity contribution in [2.45, 2.75) is 51.8 Å². The summed E-state index contributed by atoms with van der Waals surface area (Å²) in [6.45, 7) is 11.8. The van der Waals surface area contributed by atoms with E-state index in [2.05, 4.69) is 68.0 Å². The lowest BCUT2D eigenvalue weighted by Gasteiger charge is -2.26. The number of likely N-dealkylation sites (N-methyl/N-ethyl adjacent to an activating group) is 1. The van der Waals surface area contributed by atoms with Gasteiger partial charge in [0.2, 0.25) is 0 Å². The Morgan fingerprint density at radius 3 is 2.64 bits per heavy atom. The second-order valence-corrected chi connectivity index (χ2v) is 7.46. The fourth-order valence-electron chi connectivity index (χ4n) is 3.03. The van der Waals surface area contributed by atoms with Crippen molar-refractivity contribution in [3.63, 3.8) is 0 Å². The van der Waals surface area contributed by atoms with Crippen LogP contribution in [0.2, 0.25) is 0 Å². The van der Waals surface area contributed by atoms with Crippen molar-refractivity contribution < 1.29 is 4.74 Å². The molecule has 3 nitrogen and oxygen atoms in total. The Morgan fingerprint density at radius 2 is 1.95 bits per heavy atom. The second-order valence-electron chi connectivity index (χ2n) is 7.46. The highest BCUT2D eigenvalue weighted by molar-refractivity contribution is 5.14. The maximum atomic E-state index is 5.81. The third-order valence-electron chi connectivity index (χ3n) is 4.31. The van der Waals surface area contributed by atoms with Crippen LogP contribution in [0.4, 0.5) is 0 Å². The lowest BCUT2D eigenvalue weighted by atomic mass is 10.2. The Balaban J connectivity index is 1.66. The molecule has 1 heterocycles. The van der Waals surface area contributed by atoms with Gasteiger partial charge < -0.3 is 9.64 Å². The normalized spacial score (nSPS) is 20.0. The fourth-order valence-corrected chi connectivity index (χ4v) is 3.03. The summed E-state index contributed by atoms with van der Waals surface area (Å²) in [5.74, 6) is 0. The van der Waals surface area contributed by atoms with Gasteiger partial charge in [-0.3, -0.25) is 4.90 Å². The molecule has 0 saturated carbocycles. The smallest absolute Gasteiger partial charge is 0.0598 e. The molecule has 1 aromatic carbocycles. The largest absolute Gasteiger partial charge is 0.376 e. The molecule has 0 spiro atoms. The summed E-state index contributed by atoms with van der Waals surface area (Å²) < 4.78 is 5.81. The van der Waals surface area contributed by atoms with Gasteiger partial charge in [-0.2, -0.15) is 0 Å². The van der Waals surface area contributed by atoms with Gasteiger partial charge >= 0.3 is 0 Å². The SMILES string of the molecule is CN(CCCOC(C)(C)C)C1CCN(Cc2ccccc2)C1. The highest BCUT2D eigenvalue weighted by Gasteiger charge is 2.25. The number of hydrogen-bond donors (Lipinski definition) is 0. The van der Waals surface area contributed by atoms with Gasteiger partial charge in [0.25, 0.3) is 0 Å². The van der Waals surface area contributed by atoms with Crippen LogP contribution in [-0.4, -0.2) is 54.7 Å². The summed E-state index contributed by atoms with van der Waals surface area (Å²) in [6, 6.07) is 11.5. The molecule has 2 rings (SSSR count). The molecule has 0 bridgehead atoms. The van der Waals surface area contributed by atoms with Crippen molar-refractivity contribution in [1.82, 2.24) is 9.80 Å². The van der Waals surface area contributed by atoms with E-state index in [9.17, 15) is 0 Å². The molecule has 124 valence electrons. The van der Waals surface area contributed by atoms with Crippen molar-refractivity contribution in [1.29, 1.82) is 0 Å². The predicted molar refractivity (Wildman–Crippen MR) is 93.1 cm³/mol. The Bertz CT molecular complexity index is 427. The molecule has 0 aliphatic carbocycles. The molecule has 0 N–H and O–H groups in total. The molecule has 0 amide bonds. The standard InChI is InChI=1S/C19H32N2O/c1-19(2,3)22-14-8-12-20(4)18-11-13-21(16-18)15-17-9-6-5-7-10-17/h5-7,9-10,18H,8,11-16H2,1-4H3. The molecular formula is C19H32N2O. The number of likely N-dealkylation sites (tertiary alicyclic amines) is 1. The van der Waals surface area contributed by atoms with Crippen molar-refractivity contribution in [3.8, 4) is 0 Å². The minimum Gasteiger partial charge on any atom is -0.376 e. The highest BCUT2D eigenvalue weighted by atomic mass is 16.5. The number of nitrogens with zero attached hydrogens (tertiary/aromatic N) is 2. The molecule has 1 aliphatic rings. The summed E-state index contributed by atoms with van der Waals surface area (Å²) >= 11 is 0. The highest BCUT2D eigenvalue weighted by Crippen LogP contribution is 2.17. The van der Waals surface area contributed by atoms with Crippen LogP contribution in [0.5, 0.6) is 0 Å². The third-order valence-corrected chi connectivity index (χ3v) is 4.31. The van der Waals surface area contributed by atoms with Gasteiger partial charge in [0.15, 0.2) is 0 Å². The molecule has 0 radical (unpaired) electrons. The van der Waals surface area contributed by atoms with E-state index in [0.29, 0.717) is 6.04 Å². The minimum absolute atomic E-state index is 0.0155. The average Bonchev–Trinajstić information content (AvgIpc) is 2.92. The zero-order valence-corrected chi connectivity index (χ0v) is 14.7. The molecule has 22 heavy (non-hydrogen) atoms. The van der Waals surface area contributed by atoms with E-state index >= 15 is 0 Å². The number of rotatable bonds is 7. The number of benzene rings is 1. The van der Waals surface area contributed by atoms with Crippen molar-refractivity contribution in [3.05, 3.63) is 35.9 Å². The molecule has 1 atom stereocenters. The van der Waals surface area contributed by atoms with Crippen molar-refractivity contribution >= 4 is 0 Å².